The molecule has 21 heavy (non-hydrogen) atoms. The molecule has 0 spiro atoms. The van der Waals surface area contributed by atoms with Crippen molar-refractivity contribution >= 4 is 0 Å². The van der Waals surface area contributed by atoms with Gasteiger partial charge in [0.05, 0.1) is 12.7 Å². The molecule has 1 aromatic carbocycles. The van der Waals surface area contributed by atoms with Gasteiger partial charge in [0.15, 0.2) is 11.5 Å². The van der Waals surface area contributed by atoms with Gasteiger partial charge in [-0.05, 0) is 37.8 Å². The van der Waals surface area contributed by atoms with Crippen molar-refractivity contribution in [1.29, 1.82) is 0 Å². The Morgan fingerprint density at radius 2 is 1.90 bits per heavy atom. The summed E-state index contributed by atoms with van der Waals surface area (Å²) in [6, 6.07) is 7.79. The fraction of sp³-hybridized carbons (Fsp3) is 0.647. The summed E-state index contributed by atoms with van der Waals surface area (Å²) >= 11 is 0. The minimum absolute atomic E-state index is 0.133. The number of nitrogens with zero attached hydrogens (tertiary/aromatic N) is 1. The van der Waals surface area contributed by atoms with Crippen molar-refractivity contribution in [3.05, 3.63) is 24.3 Å². The minimum Gasteiger partial charge on any atom is -0.490 e. The Balaban J connectivity index is 1.79. The van der Waals surface area contributed by atoms with Crippen molar-refractivity contribution in [3.8, 4) is 11.5 Å². The van der Waals surface area contributed by atoms with E-state index in [1.165, 1.54) is 0 Å². The zero-order valence-corrected chi connectivity index (χ0v) is 13.1. The third-order valence-electron chi connectivity index (χ3n) is 4.12. The van der Waals surface area contributed by atoms with E-state index in [0.717, 1.165) is 44.0 Å². The maximum atomic E-state index is 9.91. The third kappa shape index (κ3) is 4.61. The molecule has 0 aromatic heterocycles. The summed E-state index contributed by atoms with van der Waals surface area (Å²) in [6.45, 7) is 8.22. The molecule has 2 unspecified atom stereocenters. The average Bonchev–Trinajstić information content (AvgIpc) is 2.51. The van der Waals surface area contributed by atoms with E-state index in [2.05, 4.69) is 11.8 Å². The summed E-state index contributed by atoms with van der Waals surface area (Å²) in [5.41, 5.74) is 0. The largest absolute Gasteiger partial charge is 0.490 e. The Morgan fingerprint density at radius 1 is 1.19 bits per heavy atom. The number of aliphatic hydroxyl groups is 1. The van der Waals surface area contributed by atoms with Crippen molar-refractivity contribution in [2.24, 2.45) is 5.92 Å². The predicted molar refractivity (Wildman–Crippen MR) is 84.0 cm³/mol. The van der Waals surface area contributed by atoms with Crippen LogP contribution in [-0.2, 0) is 0 Å². The van der Waals surface area contributed by atoms with Crippen molar-refractivity contribution < 1.29 is 14.6 Å². The van der Waals surface area contributed by atoms with Crippen molar-refractivity contribution in [1.82, 2.24) is 4.90 Å². The van der Waals surface area contributed by atoms with Crippen LogP contribution in [0.2, 0.25) is 0 Å². The lowest BCUT2D eigenvalue weighted by atomic mass is 9.92. The number of likely N-dealkylation sites (tertiary alicyclic amines) is 1. The number of hydrogen-bond acceptors (Lipinski definition) is 4. The Bertz CT molecular complexity index is 424. The summed E-state index contributed by atoms with van der Waals surface area (Å²) in [5, 5.41) is 9.91. The molecule has 4 heteroatoms. The monoisotopic (exact) mass is 293 g/mol. The molecule has 0 bridgehead atoms. The van der Waals surface area contributed by atoms with E-state index in [4.69, 9.17) is 9.47 Å². The first-order valence-electron chi connectivity index (χ1n) is 7.99. The molecule has 0 aliphatic carbocycles. The summed E-state index contributed by atoms with van der Waals surface area (Å²) in [5.74, 6) is 2.01. The van der Waals surface area contributed by atoms with Gasteiger partial charge in [-0.1, -0.05) is 19.1 Å². The summed E-state index contributed by atoms with van der Waals surface area (Å²) in [7, 11) is 0. The second-order valence-electron chi connectivity index (χ2n) is 5.55. The normalized spacial score (nSPS) is 23.0. The average molecular weight is 293 g/mol. The van der Waals surface area contributed by atoms with Crippen LogP contribution in [0.1, 0.15) is 26.7 Å². The van der Waals surface area contributed by atoms with Crippen LogP contribution in [0, 0.1) is 5.92 Å². The van der Waals surface area contributed by atoms with Gasteiger partial charge in [0, 0.05) is 19.6 Å². The molecule has 2 atom stereocenters. The third-order valence-corrected chi connectivity index (χ3v) is 4.12. The Morgan fingerprint density at radius 3 is 2.57 bits per heavy atom. The van der Waals surface area contributed by atoms with Crippen molar-refractivity contribution in [2.45, 2.75) is 32.8 Å². The van der Waals surface area contributed by atoms with Crippen LogP contribution in [0.5, 0.6) is 11.5 Å². The molecule has 1 aliphatic rings. The molecule has 1 N–H and O–H groups in total. The maximum Gasteiger partial charge on any atom is 0.161 e. The van der Waals surface area contributed by atoms with E-state index in [1.807, 2.05) is 31.2 Å². The van der Waals surface area contributed by atoms with Crippen LogP contribution in [0.3, 0.4) is 0 Å². The standard InChI is InChI=1S/C17H27NO3/c1-3-14-13-18(10-9-15(14)19)11-12-21-17-8-6-5-7-16(17)20-4-2/h5-8,14-15,19H,3-4,9-13H2,1-2H3. The highest BCUT2D eigenvalue weighted by Gasteiger charge is 2.25. The molecule has 118 valence electrons. The highest BCUT2D eigenvalue weighted by Crippen LogP contribution is 2.26. The molecule has 2 rings (SSSR count). The molecular weight excluding hydrogens is 266 g/mol. The zero-order valence-electron chi connectivity index (χ0n) is 13.1. The van der Waals surface area contributed by atoms with E-state index in [0.29, 0.717) is 19.1 Å². The van der Waals surface area contributed by atoms with Gasteiger partial charge in [0.2, 0.25) is 0 Å². The second kappa shape index (κ2) is 8.25. The van der Waals surface area contributed by atoms with E-state index in [1.54, 1.807) is 0 Å². The molecule has 1 aromatic rings. The number of para-hydroxylation sites is 2. The number of rotatable bonds is 7. The molecule has 1 heterocycles. The van der Waals surface area contributed by atoms with Gasteiger partial charge in [-0.25, -0.2) is 0 Å². The van der Waals surface area contributed by atoms with Crippen LogP contribution in [0.25, 0.3) is 0 Å². The van der Waals surface area contributed by atoms with Crippen LogP contribution in [0.15, 0.2) is 24.3 Å². The topological polar surface area (TPSA) is 41.9 Å². The number of benzene rings is 1. The van der Waals surface area contributed by atoms with Gasteiger partial charge in [-0.15, -0.1) is 0 Å². The van der Waals surface area contributed by atoms with E-state index >= 15 is 0 Å². The molecule has 4 nitrogen and oxygen atoms in total. The predicted octanol–water partition coefficient (Wildman–Crippen LogP) is 2.56. The minimum atomic E-state index is -0.133. The van der Waals surface area contributed by atoms with Crippen LogP contribution in [-0.4, -0.2) is 49.0 Å². The summed E-state index contributed by atoms with van der Waals surface area (Å²) in [6.07, 6.45) is 1.77. The lowest BCUT2D eigenvalue weighted by molar-refractivity contribution is 0.0208. The highest BCUT2D eigenvalue weighted by molar-refractivity contribution is 5.39. The first-order chi connectivity index (χ1) is 10.2. The smallest absolute Gasteiger partial charge is 0.161 e. The quantitative estimate of drug-likeness (QED) is 0.839. The van der Waals surface area contributed by atoms with Crippen molar-refractivity contribution in [3.63, 3.8) is 0 Å². The van der Waals surface area contributed by atoms with Crippen LogP contribution < -0.4 is 9.47 Å². The van der Waals surface area contributed by atoms with Gasteiger partial charge < -0.3 is 14.6 Å². The summed E-state index contributed by atoms with van der Waals surface area (Å²) < 4.78 is 11.4. The number of ether oxygens (including phenoxy) is 2. The molecule has 0 radical (unpaired) electrons. The van der Waals surface area contributed by atoms with Gasteiger partial charge in [-0.3, -0.25) is 4.90 Å². The second-order valence-corrected chi connectivity index (χ2v) is 5.55. The summed E-state index contributed by atoms with van der Waals surface area (Å²) in [4.78, 5) is 2.38. The fourth-order valence-electron chi connectivity index (χ4n) is 2.83. The van der Waals surface area contributed by atoms with Crippen molar-refractivity contribution in [2.75, 3.05) is 32.8 Å². The zero-order chi connectivity index (χ0) is 15.1. The van der Waals surface area contributed by atoms with Crippen LogP contribution >= 0.6 is 0 Å². The SMILES string of the molecule is CCOc1ccccc1OCCN1CCC(O)C(CC)C1. The van der Waals surface area contributed by atoms with Gasteiger partial charge in [-0.2, -0.15) is 0 Å². The van der Waals surface area contributed by atoms with Gasteiger partial charge in [0.1, 0.15) is 6.61 Å². The van der Waals surface area contributed by atoms with Gasteiger partial charge >= 0.3 is 0 Å². The van der Waals surface area contributed by atoms with E-state index < -0.39 is 0 Å². The molecular formula is C17H27NO3. The molecule has 1 fully saturated rings. The Hall–Kier alpha value is -1.26. The van der Waals surface area contributed by atoms with E-state index in [-0.39, 0.29) is 6.10 Å². The van der Waals surface area contributed by atoms with Crippen LogP contribution in [0.4, 0.5) is 0 Å². The molecule has 0 amide bonds. The first-order valence-corrected chi connectivity index (χ1v) is 7.99. The van der Waals surface area contributed by atoms with E-state index in [9.17, 15) is 5.11 Å². The van der Waals surface area contributed by atoms with Gasteiger partial charge in [0.25, 0.3) is 0 Å². The Kier molecular flexibility index (Phi) is 6.33. The lowest BCUT2D eigenvalue weighted by Gasteiger charge is -2.35. The number of aliphatic hydroxyl groups excluding tert-OH is 1. The molecule has 1 saturated heterocycles. The fourth-order valence-corrected chi connectivity index (χ4v) is 2.83. The highest BCUT2D eigenvalue weighted by atomic mass is 16.5. The molecule has 1 aliphatic heterocycles. The lowest BCUT2D eigenvalue weighted by Crippen LogP contribution is -2.44. The first kappa shape index (κ1) is 16.1. The number of piperidine rings is 1. The number of hydrogen-bond donors (Lipinski definition) is 1. The maximum absolute atomic E-state index is 9.91. The Labute approximate surface area is 127 Å². The molecule has 0 saturated carbocycles.